The van der Waals surface area contributed by atoms with Crippen LogP contribution in [-0.4, -0.2) is 25.7 Å². The molecular weight excluding hydrogens is 382 g/mol. The number of thioether (sulfide) groups is 1. The van der Waals surface area contributed by atoms with Crippen LogP contribution in [0.1, 0.15) is 31.4 Å². The van der Waals surface area contributed by atoms with Crippen LogP contribution in [0.3, 0.4) is 0 Å². The predicted molar refractivity (Wildman–Crippen MR) is 122 cm³/mol. The van der Waals surface area contributed by atoms with Crippen molar-refractivity contribution < 1.29 is 14.3 Å². The molecule has 1 aromatic rings. The van der Waals surface area contributed by atoms with Gasteiger partial charge in [-0.2, -0.15) is 0 Å². The number of fused-ring (bicyclic) bond motifs is 1. The Labute approximate surface area is 177 Å². The van der Waals surface area contributed by atoms with Crippen LogP contribution in [0.2, 0.25) is 0 Å². The van der Waals surface area contributed by atoms with Gasteiger partial charge in [-0.3, -0.25) is 9.59 Å². The van der Waals surface area contributed by atoms with Crippen LogP contribution in [0.5, 0.6) is 5.75 Å². The van der Waals surface area contributed by atoms with E-state index in [4.69, 9.17) is 4.74 Å². The molecule has 0 spiro atoms. The van der Waals surface area contributed by atoms with Gasteiger partial charge >= 0.3 is 0 Å². The van der Waals surface area contributed by atoms with Gasteiger partial charge in [0.2, 0.25) is 0 Å². The number of ether oxygens (including phenoxy) is 1. The Hall–Kier alpha value is -2.79. The first-order valence-electron chi connectivity index (χ1n) is 9.51. The van der Waals surface area contributed by atoms with Gasteiger partial charge < -0.3 is 10.1 Å². The topological polar surface area (TPSA) is 55.4 Å². The number of rotatable bonds is 9. The number of aldehydes is 1. The number of hydrogen-bond acceptors (Lipinski definition) is 5. The number of nitrogens with one attached hydrogen (secondary N) is 1. The molecule has 0 bridgehead atoms. The van der Waals surface area contributed by atoms with Crippen LogP contribution in [-0.2, 0) is 16.0 Å². The van der Waals surface area contributed by atoms with Crippen molar-refractivity contribution >= 4 is 29.9 Å². The van der Waals surface area contributed by atoms with Crippen LogP contribution < -0.4 is 10.1 Å². The molecule has 0 radical (unpaired) electrons. The second kappa shape index (κ2) is 11.3. The number of hydrogen-bond donors (Lipinski definition) is 1. The van der Waals surface area contributed by atoms with Gasteiger partial charge in [0, 0.05) is 18.7 Å². The Bertz CT molecular complexity index is 907. The molecule has 0 aromatic heterocycles. The van der Waals surface area contributed by atoms with Crippen LogP contribution in [0.4, 0.5) is 0 Å². The van der Waals surface area contributed by atoms with Gasteiger partial charge in [0.25, 0.3) is 0 Å². The lowest BCUT2D eigenvalue weighted by molar-refractivity contribution is -0.111. The van der Waals surface area contributed by atoms with Gasteiger partial charge in [-0.1, -0.05) is 42.6 Å². The molecule has 1 aliphatic heterocycles. The molecule has 1 aliphatic rings. The molecule has 5 heteroatoms. The highest BCUT2D eigenvalue weighted by Gasteiger charge is 2.12. The molecule has 0 unspecified atom stereocenters. The zero-order chi connectivity index (χ0) is 21.2. The largest absolute Gasteiger partial charge is 0.493 e. The zero-order valence-electron chi connectivity index (χ0n) is 17.2. The molecular formula is C24H27NO3S. The second-order valence-corrected chi connectivity index (χ2v) is 7.71. The fourth-order valence-electron chi connectivity index (χ4n) is 2.83. The summed E-state index contributed by atoms with van der Waals surface area (Å²) in [6.07, 6.45) is 11.5. The van der Waals surface area contributed by atoms with Crippen molar-refractivity contribution in [2.24, 2.45) is 0 Å². The minimum absolute atomic E-state index is 0.163. The average Bonchev–Trinajstić information content (AvgIpc) is 2.72. The standard InChI is InChI=1S/C24H27NO3S/c1-5-6-9-21(17(2)3)22(27)15-24(25-4)29-20(16-26)14-18-10-11-23-19(13-18)8-7-12-28-23/h5-6,9-11,13-16,25H,2,7-8,12H2,1,3-4H3/b6-5-,20-14-,21-9+,24-15+. The van der Waals surface area contributed by atoms with Gasteiger partial charge in [-0.15, -0.1) is 0 Å². The van der Waals surface area contributed by atoms with E-state index in [0.717, 1.165) is 42.6 Å². The Kier molecular flexibility index (Phi) is 8.74. The van der Waals surface area contributed by atoms with Crippen LogP contribution in [0, 0.1) is 0 Å². The number of carbonyl (C=O) groups is 2. The maximum atomic E-state index is 12.6. The minimum Gasteiger partial charge on any atom is -0.493 e. The van der Waals surface area contributed by atoms with E-state index >= 15 is 0 Å². The van der Waals surface area contributed by atoms with Crippen molar-refractivity contribution in [3.63, 3.8) is 0 Å². The van der Waals surface area contributed by atoms with E-state index in [0.29, 0.717) is 21.1 Å². The van der Waals surface area contributed by atoms with Gasteiger partial charge in [0.15, 0.2) is 12.1 Å². The van der Waals surface area contributed by atoms with Gasteiger partial charge in [-0.25, -0.2) is 0 Å². The van der Waals surface area contributed by atoms with Gasteiger partial charge in [-0.05, 0) is 61.6 Å². The third kappa shape index (κ3) is 6.64. The summed E-state index contributed by atoms with van der Waals surface area (Å²) in [5.41, 5.74) is 3.30. The normalized spacial score (nSPS) is 14.9. The maximum Gasteiger partial charge on any atom is 0.188 e. The van der Waals surface area contributed by atoms with Crippen molar-refractivity contribution in [3.05, 3.63) is 81.3 Å². The second-order valence-electron chi connectivity index (χ2n) is 6.60. The first-order chi connectivity index (χ1) is 14.0. The summed E-state index contributed by atoms with van der Waals surface area (Å²) >= 11 is 1.22. The SMILES string of the molecule is C=C(C)/C(=C\C=C/C)C(=O)/C=C(\NC)S/C(C=O)=C\c1ccc2c(c1)CCCO2. The van der Waals surface area contributed by atoms with Crippen LogP contribution in [0.25, 0.3) is 6.08 Å². The Morgan fingerprint density at radius 2 is 2.14 bits per heavy atom. The molecule has 0 atom stereocenters. The lowest BCUT2D eigenvalue weighted by atomic mass is 10.0. The van der Waals surface area contributed by atoms with E-state index < -0.39 is 0 Å². The highest BCUT2D eigenvalue weighted by molar-refractivity contribution is 8.07. The lowest BCUT2D eigenvalue weighted by Crippen LogP contribution is -2.08. The average molecular weight is 410 g/mol. The van der Waals surface area contributed by atoms with Crippen LogP contribution in [0.15, 0.2) is 70.2 Å². The lowest BCUT2D eigenvalue weighted by Gasteiger charge is -2.17. The summed E-state index contributed by atoms with van der Waals surface area (Å²) in [5.74, 6) is 0.749. The molecule has 0 aliphatic carbocycles. The van der Waals surface area contributed by atoms with E-state index in [2.05, 4.69) is 11.9 Å². The third-order valence-corrected chi connectivity index (χ3v) is 5.27. The molecule has 0 amide bonds. The van der Waals surface area contributed by atoms with E-state index in [9.17, 15) is 9.59 Å². The summed E-state index contributed by atoms with van der Waals surface area (Å²) in [6, 6.07) is 5.92. The maximum absolute atomic E-state index is 12.6. The molecule has 1 heterocycles. The molecule has 4 nitrogen and oxygen atoms in total. The Balaban J connectivity index is 2.23. The fraction of sp³-hybridized carbons (Fsp3) is 0.250. The van der Waals surface area contributed by atoms with Crippen molar-refractivity contribution in [2.45, 2.75) is 26.7 Å². The summed E-state index contributed by atoms with van der Waals surface area (Å²) < 4.78 is 5.64. The highest BCUT2D eigenvalue weighted by Crippen LogP contribution is 2.29. The first-order valence-corrected chi connectivity index (χ1v) is 10.3. The van der Waals surface area contributed by atoms with Crippen LogP contribution >= 0.6 is 11.8 Å². The highest BCUT2D eigenvalue weighted by atomic mass is 32.2. The molecule has 1 aromatic carbocycles. The predicted octanol–water partition coefficient (Wildman–Crippen LogP) is 4.99. The molecule has 29 heavy (non-hydrogen) atoms. The monoisotopic (exact) mass is 409 g/mol. The van der Waals surface area contributed by atoms with E-state index in [-0.39, 0.29) is 5.78 Å². The molecule has 0 fully saturated rings. The van der Waals surface area contributed by atoms with Crippen molar-refractivity contribution in [1.82, 2.24) is 5.32 Å². The fourth-order valence-corrected chi connectivity index (χ4v) is 3.59. The summed E-state index contributed by atoms with van der Waals surface area (Å²) in [5, 5.41) is 3.58. The Morgan fingerprint density at radius 3 is 2.79 bits per heavy atom. The smallest absolute Gasteiger partial charge is 0.188 e. The van der Waals surface area contributed by atoms with E-state index in [1.807, 2.05) is 37.3 Å². The molecule has 2 rings (SSSR count). The van der Waals surface area contributed by atoms with Gasteiger partial charge in [0.1, 0.15) is 5.75 Å². The first kappa shape index (κ1) is 22.5. The van der Waals surface area contributed by atoms with Crippen molar-refractivity contribution in [2.75, 3.05) is 13.7 Å². The zero-order valence-corrected chi connectivity index (χ0v) is 18.0. The number of benzene rings is 1. The quantitative estimate of drug-likeness (QED) is 0.354. The van der Waals surface area contributed by atoms with Crippen molar-refractivity contribution in [3.8, 4) is 5.75 Å². The number of aryl methyl sites for hydroxylation is 1. The number of ketones is 1. The molecule has 0 saturated heterocycles. The minimum atomic E-state index is -0.163. The van der Waals surface area contributed by atoms with Gasteiger partial charge in [0.05, 0.1) is 16.5 Å². The van der Waals surface area contributed by atoms with E-state index in [1.165, 1.54) is 17.8 Å². The molecule has 0 saturated carbocycles. The molecule has 1 N–H and O–H groups in total. The summed E-state index contributed by atoms with van der Waals surface area (Å²) in [7, 11) is 1.72. The summed E-state index contributed by atoms with van der Waals surface area (Å²) in [6.45, 7) is 8.30. The summed E-state index contributed by atoms with van der Waals surface area (Å²) in [4.78, 5) is 24.8. The Morgan fingerprint density at radius 1 is 1.34 bits per heavy atom. The van der Waals surface area contributed by atoms with E-state index in [1.54, 1.807) is 26.1 Å². The van der Waals surface area contributed by atoms with Crippen molar-refractivity contribution in [1.29, 1.82) is 0 Å². The number of carbonyl (C=O) groups excluding carboxylic acids is 2. The number of allylic oxidation sites excluding steroid dienone is 7. The molecule has 152 valence electrons. The third-order valence-electron chi connectivity index (χ3n) is 4.27.